The molecule has 0 atom stereocenters. The standard InChI is InChI=1S/C16H11N/c17-9-14-15-10-5-1-2-6-11(10)16(14)13-8-4-3-7-12(13)15/h1-8,14-16H. The molecular weight excluding hydrogens is 206 g/mol. The minimum Gasteiger partial charge on any atom is -0.198 e. The normalized spacial score (nSPS) is 27.4. The first-order valence-electron chi connectivity index (χ1n) is 5.99. The molecule has 1 heteroatoms. The van der Waals surface area contributed by atoms with Gasteiger partial charge in [-0.2, -0.15) is 5.26 Å². The van der Waals surface area contributed by atoms with Crippen LogP contribution in [0.2, 0.25) is 0 Å². The Kier molecular flexibility index (Phi) is 1.58. The van der Waals surface area contributed by atoms with Gasteiger partial charge in [0.2, 0.25) is 0 Å². The lowest BCUT2D eigenvalue weighted by molar-refractivity contribution is 0.633. The maximum Gasteiger partial charge on any atom is 0.0682 e. The van der Waals surface area contributed by atoms with Crippen molar-refractivity contribution in [2.24, 2.45) is 5.92 Å². The molecular formula is C16H11N. The van der Waals surface area contributed by atoms with Gasteiger partial charge in [-0.05, 0) is 22.3 Å². The summed E-state index contributed by atoms with van der Waals surface area (Å²) in [5, 5.41) is 9.44. The summed E-state index contributed by atoms with van der Waals surface area (Å²) in [5.41, 5.74) is 5.45. The average molecular weight is 217 g/mol. The largest absolute Gasteiger partial charge is 0.198 e. The Morgan fingerprint density at radius 1 is 0.706 bits per heavy atom. The van der Waals surface area contributed by atoms with Crippen LogP contribution in [0.1, 0.15) is 34.1 Å². The third-order valence-electron chi connectivity index (χ3n) is 4.20. The van der Waals surface area contributed by atoms with E-state index in [2.05, 4.69) is 54.6 Å². The topological polar surface area (TPSA) is 23.8 Å². The van der Waals surface area contributed by atoms with Crippen molar-refractivity contribution < 1.29 is 0 Å². The zero-order chi connectivity index (χ0) is 11.4. The molecule has 0 radical (unpaired) electrons. The molecule has 1 nitrogen and oxygen atoms in total. The van der Waals surface area contributed by atoms with E-state index in [0.717, 1.165) is 0 Å². The highest BCUT2D eigenvalue weighted by Gasteiger charge is 2.49. The average Bonchev–Trinajstić information content (AvgIpc) is 2.90. The van der Waals surface area contributed by atoms with E-state index >= 15 is 0 Å². The molecule has 0 saturated carbocycles. The minimum atomic E-state index is 0.102. The number of nitriles is 1. The van der Waals surface area contributed by atoms with Crippen molar-refractivity contribution in [2.45, 2.75) is 11.8 Å². The quantitative estimate of drug-likeness (QED) is 0.663. The van der Waals surface area contributed by atoms with Gasteiger partial charge >= 0.3 is 0 Å². The molecule has 0 amide bonds. The van der Waals surface area contributed by atoms with E-state index in [-0.39, 0.29) is 5.92 Å². The molecule has 0 fully saturated rings. The van der Waals surface area contributed by atoms with Crippen LogP contribution in [0.25, 0.3) is 0 Å². The van der Waals surface area contributed by atoms with Crippen LogP contribution in [0, 0.1) is 17.2 Å². The van der Waals surface area contributed by atoms with Crippen molar-refractivity contribution in [1.82, 2.24) is 0 Å². The Balaban J connectivity index is 2.05. The molecule has 80 valence electrons. The lowest BCUT2D eigenvalue weighted by Crippen LogP contribution is -2.01. The van der Waals surface area contributed by atoms with Crippen LogP contribution in [0.4, 0.5) is 0 Å². The number of fused-ring (bicyclic) bond motifs is 8. The van der Waals surface area contributed by atoms with Crippen LogP contribution < -0.4 is 0 Å². The van der Waals surface area contributed by atoms with E-state index in [1.807, 2.05) is 0 Å². The smallest absolute Gasteiger partial charge is 0.0682 e. The van der Waals surface area contributed by atoms with Crippen LogP contribution in [-0.2, 0) is 0 Å². The summed E-state index contributed by atoms with van der Waals surface area (Å²) >= 11 is 0. The molecule has 2 aromatic rings. The van der Waals surface area contributed by atoms with Gasteiger partial charge in [0.15, 0.2) is 0 Å². The fraction of sp³-hybridized carbons (Fsp3) is 0.188. The van der Waals surface area contributed by atoms with E-state index in [9.17, 15) is 5.26 Å². The second kappa shape index (κ2) is 2.99. The Labute approximate surface area is 100 Å². The van der Waals surface area contributed by atoms with E-state index in [1.165, 1.54) is 22.3 Å². The Bertz CT molecular complexity index is 553. The molecule has 2 aromatic carbocycles. The maximum atomic E-state index is 9.44. The highest BCUT2D eigenvalue weighted by atomic mass is 14.5. The molecule has 0 spiro atoms. The third kappa shape index (κ3) is 0.940. The van der Waals surface area contributed by atoms with Crippen molar-refractivity contribution >= 4 is 0 Å². The molecule has 2 aliphatic rings. The lowest BCUT2D eigenvalue weighted by atomic mass is 9.86. The highest BCUT2D eigenvalue weighted by molar-refractivity contribution is 5.61. The van der Waals surface area contributed by atoms with E-state index in [1.54, 1.807) is 0 Å². The van der Waals surface area contributed by atoms with Crippen LogP contribution in [-0.4, -0.2) is 0 Å². The molecule has 0 saturated heterocycles. The van der Waals surface area contributed by atoms with Crippen LogP contribution in [0.3, 0.4) is 0 Å². The van der Waals surface area contributed by atoms with Gasteiger partial charge in [0.1, 0.15) is 0 Å². The predicted octanol–water partition coefficient (Wildman–Crippen LogP) is 3.42. The van der Waals surface area contributed by atoms with Gasteiger partial charge in [-0.25, -0.2) is 0 Å². The minimum absolute atomic E-state index is 0.102. The Hall–Kier alpha value is -2.07. The summed E-state index contributed by atoms with van der Waals surface area (Å²) in [6.07, 6.45) is 0. The van der Waals surface area contributed by atoms with Gasteiger partial charge in [-0.1, -0.05) is 48.5 Å². The maximum absolute atomic E-state index is 9.44. The van der Waals surface area contributed by atoms with Crippen LogP contribution in [0.15, 0.2) is 48.5 Å². The summed E-state index contributed by atoms with van der Waals surface area (Å²) in [7, 11) is 0. The molecule has 0 aromatic heterocycles. The molecule has 17 heavy (non-hydrogen) atoms. The van der Waals surface area contributed by atoms with Crippen molar-refractivity contribution in [1.29, 1.82) is 5.26 Å². The SMILES string of the molecule is N#CC1C2c3ccccc3C1c1ccccc12. The Morgan fingerprint density at radius 3 is 1.35 bits per heavy atom. The molecule has 4 rings (SSSR count). The fourth-order valence-electron chi connectivity index (χ4n) is 3.61. The van der Waals surface area contributed by atoms with Crippen molar-refractivity contribution in [3.63, 3.8) is 0 Å². The Morgan fingerprint density at radius 2 is 1.06 bits per heavy atom. The monoisotopic (exact) mass is 217 g/mol. The molecule has 2 bridgehead atoms. The molecule has 0 heterocycles. The first-order chi connectivity index (χ1) is 8.42. The summed E-state index contributed by atoms with van der Waals surface area (Å²) in [4.78, 5) is 0. The van der Waals surface area contributed by atoms with Gasteiger partial charge in [0.25, 0.3) is 0 Å². The van der Waals surface area contributed by atoms with Crippen molar-refractivity contribution in [3.05, 3.63) is 70.8 Å². The van der Waals surface area contributed by atoms with Gasteiger partial charge < -0.3 is 0 Å². The number of benzene rings is 2. The summed E-state index contributed by atoms with van der Waals surface area (Å²) in [6, 6.07) is 19.6. The highest BCUT2D eigenvalue weighted by Crippen LogP contribution is 2.59. The molecule has 0 aliphatic heterocycles. The van der Waals surface area contributed by atoms with Gasteiger partial charge in [-0.15, -0.1) is 0 Å². The number of rotatable bonds is 0. The van der Waals surface area contributed by atoms with E-state index in [4.69, 9.17) is 0 Å². The van der Waals surface area contributed by atoms with Crippen LogP contribution in [0.5, 0.6) is 0 Å². The van der Waals surface area contributed by atoms with Gasteiger partial charge in [-0.3, -0.25) is 0 Å². The van der Waals surface area contributed by atoms with Gasteiger partial charge in [0, 0.05) is 11.8 Å². The summed E-state index contributed by atoms with van der Waals surface area (Å²) in [6.45, 7) is 0. The second-order valence-corrected chi connectivity index (χ2v) is 4.87. The van der Waals surface area contributed by atoms with E-state index in [0.29, 0.717) is 11.8 Å². The molecule has 0 N–H and O–H groups in total. The zero-order valence-corrected chi connectivity index (χ0v) is 9.30. The lowest BCUT2D eigenvalue weighted by Gasteiger charge is -2.17. The number of nitrogens with zero attached hydrogens (tertiary/aromatic N) is 1. The second-order valence-electron chi connectivity index (χ2n) is 4.87. The van der Waals surface area contributed by atoms with Gasteiger partial charge in [0.05, 0.1) is 12.0 Å². The molecule has 0 unspecified atom stereocenters. The third-order valence-corrected chi connectivity index (χ3v) is 4.20. The molecule has 2 aliphatic carbocycles. The fourth-order valence-corrected chi connectivity index (χ4v) is 3.61. The first-order valence-corrected chi connectivity index (χ1v) is 5.99. The zero-order valence-electron chi connectivity index (χ0n) is 9.30. The van der Waals surface area contributed by atoms with Crippen molar-refractivity contribution in [3.8, 4) is 6.07 Å². The van der Waals surface area contributed by atoms with E-state index < -0.39 is 0 Å². The summed E-state index contributed by atoms with van der Waals surface area (Å²) < 4.78 is 0. The number of hydrogen-bond donors (Lipinski definition) is 0. The van der Waals surface area contributed by atoms with Crippen molar-refractivity contribution in [2.75, 3.05) is 0 Å². The predicted molar refractivity (Wildman–Crippen MR) is 65.7 cm³/mol. The number of hydrogen-bond acceptors (Lipinski definition) is 1. The van der Waals surface area contributed by atoms with Crippen LogP contribution >= 0.6 is 0 Å². The first kappa shape index (κ1) is 9.01. The summed E-state index contributed by atoms with van der Waals surface area (Å²) in [5.74, 6) is 0.708.